The summed E-state index contributed by atoms with van der Waals surface area (Å²) < 4.78 is 4.94. The van der Waals surface area contributed by atoms with E-state index in [1.54, 1.807) is 7.11 Å². The molecule has 0 saturated heterocycles. The highest BCUT2D eigenvalue weighted by atomic mass is 16.5. The third kappa shape index (κ3) is 9.69. The molecule has 0 aromatic heterocycles. The van der Waals surface area contributed by atoms with Crippen LogP contribution < -0.4 is 10.6 Å². The van der Waals surface area contributed by atoms with Gasteiger partial charge in [0, 0.05) is 38.8 Å². The van der Waals surface area contributed by atoms with E-state index in [-0.39, 0.29) is 11.9 Å². The number of nitrogens with one attached hydrogen (secondary N) is 2. The van der Waals surface area contributed by atoms with E-state index in [0.717, 1.165) is 13.0 Å². The van der Waals surface area contributed by atoms with Gasteiger partial charge in [0.15, 0.2) is 0 Å². The van der Waals surface area contributed by atoms with Gasteiger partial charge in [-0.15, -0.1) is 0 Å². The molecule has 4 nitrogen and oxygen atoms in total. The summed E-state index contributed by atoms with van der Waals surface area (Å²) in [5.74, 6) is 0.103. The maximum atomic E-state index is 11.4. The van der Waals surface area contributed by atoms with Gasteiger partial charge in [-0.3, -0.25) is 4.79 Å². The van der Waals surface area contributed by atoms with Crippen molar-refractivity contribution < 1.29 is 9.53 Å². The molecule has 0 aliphatic carbocycles. The van der Waals surface area contributed by atoms with Crippen molar-refractivity contribution in [2.24, 2.45) is 0 Å². The molecule has 0 aliphatic heterocycles. The number of methoxy groups -OCH3 is 1. The maximum absolute atomic E-state index is 11.4. The molecule has 0 fully saturated rings. The maximum Gasteiger partial charge on any atom is 0.221 e. The van der Waals surface area contributed by atoms with Crippen LogP contribution in [0, 0.1) is 0 Å². The summed E-state index contributed by atoms with van der Waals surface area (Å²) in [6.45, 7) is 7.55. The highest BCUT2D eigenvalue weighted by Gasteiger charge is 2.06. The van der Waals surface area contributed by atoms with Crippen LogP contribution >= 0.6 is 0 Å². The summed E-state index contributed by atoms with van der Waals surface area (Å²) >= 11 is 0. The monoisotopic (exact) mass is 216 g/mol. The van der Waals surface area contributed by atoms with Gasteiger partial charge < -0.3 is 15.4 Å². The molecule has 1 atom stereocenters. The normalized spacial score (nSPS) is 12.9. The van der Waals surface area contributed by atoms with Crippen molar-refractivity contribution in [3.63, 3.8) is 0 Å². The number of hydrogen-bond acceptors (Lipinski definition) is 3. The van der Waals surface area contributed by atoms with Gasteiger partial charge in [0.1, 0.15) is 0 Å². The number of carbonyl (C=O) groups is 1. The minimum Gasteiger partial charge on any atom is -0.385 e. The van der Waals surface area contributed by atoms with E-state index in [0.29, 0.717) is 19.1 Å². The summed E-state index contributed by atoms with van der Waals surface area (Å²) in [6.07, 6.45) is 1.40. The Bertz CT molecular complexity index is 172. The standard InChI is InChI=1S/C11H24N2O2/c1-9(2)12-7-5-11(14)13-10(3)6-8-15-4/h9-10,12H,5-8H2,1-4H3,(H,13,14). The zero-order chi connectivity index (χ0) is 11.7. The molecule has 90 valence electrons. The molecule has 15 heavy (non-hydrogen) atoms. The molecule has 0 heterocycles. The Balaban J connectivity index is 3.46. The summed E-state index contributed by atoms with van der Waals surface area (Å²) in [5, 5.41) is 6.14. The molecule has 0 saturated carbocycles. The minimum atomic E-state index is 0.103. The van der Waals surface area contributed by atoms with Crippen molar-refractivity contribution in [2.75, 3.05) is 20.3 Å². The smallest absolute Gasteiger partial charge is 0.221 e. The van der Waals surface area contributed by atoms with Crippen molar-refractivity contribution in [3.05, 3.63) is 0 Å². The summed E-state index contributed by atoms with van der Waals surface area (Å²) in [6, 6.07) is 0.625. The SMILES string of the molecule is COCCC(C)NC(=O)CCNC(C)C. The van der Waals surface area contributed by atoms with E-state index in [2.05, 4.69) is 24.5 Å². The zero-order valence-corrected chi connectivity index (χ0v) is 10.3. The van der Waals surface area contributed by atoms with Gasteiger partial charge in [0.25, 0.3) is 0 Å². The van der Waals surface area contributed by atoms with Crippen LogP contribution in [0.1, 0.15) is 33.6 Å². The van der Waals surface area contributed by atoms with Crippen molar-refractivity contribution in [1.82, 2.24) is 10.6 Å². The first-order chi connectivity index (χ1) is 7.06. The second kappa shape index (κ2) is 8.68. The van der Waals surface area contributed by atoms with Gasteiger partial charge in [-0.05, 0) is 13.3 Å². The Kier molecular flexibility index (Phi) is 8.33. The second-order valence-corrected chi connectivity index (χ2v) is 4.11. The number of carbonyl (C=O) groups excluding carboxylic acids is 1. The van der Waals surface area contributed by atoms with E-state index >= 15 is 0 Å². The fourth-order valence-electron chi connectivity index (χ4n) is 1.19. The number of ether oxygens (including phenoxy) is 1. The number of hydrogen-bond donors (Lipinski definition) is 2. The molecule has 4 heteroatoms. The van der Waals surface area contributed by atoms with Crippen LogP contribution in [0.25, 0.3) is 0 Å². The Morgan fingerprint density at radius 2 is 2.00 bits per heavy atom. The van der Waals surface area contributed by atoms with Crippen LogP contribution in [0.3, 0.4) is 0 Å². The van der Waals surface area contributed by atoms with Crippen molar-refractivity contribution in [2.45, 2.75) is 45.7 Å². The molecule has 0 aliphatic rings. The molecule has 1 unspecified atom stereocenters. The Hall–Kier alpha value is -0.610. The van der Waals surface area contributed by atoms with Crippen molar-refractivity contribution in [3.8, 4) is 0 Å². The predicted octanol–water partition coefficient (Wildman–Crippen LogP) is 0.916. The molecule has 1 amide bonds. The van der Waals surface area contributed by atoms with Crippen LogP contribution in [0.2, 0.25) is 0 Å². The lowest BCUT2D eigenvalue weighted by atomic mass is 10.2. The molecular weight excluding hydrogens is 192 g/mol. The van der Waals surface area contributed by atoms with Crippen molar-refractivity contribution >= 4 is 5.91 Å². The Morgan fingerprint density at radius 3 is 2.53 bits per heavy atom. The fourth-order valence-corrected chi connectivity index (χ4v) is 1.19. The molecule has 2 N–H and O–H groups in total. The first-order valence-electron chi connectivity index (χ1n) is 5.58. The third-order valence-electron chi connectivity index (χ3n) is 2.07. The first kappa shape index (κ1) is 14.4. The molecule has 0 radical (unpaired) electrons. The molecule has 0 bridgehead atoms. The Labute approximate surface area is 92.8 Å². The lowest BCUT2D eigenvalue weighted by Crippen LogP contribution is -2.36. The minimum absolute atomic E-state index is 0.103. The van der Waals surface area contributed by atoms with Crippen LogP contribution in [0.5, 0.6) is 0 Å². The van der Waals surface area contributed by atoms with E-state index in [1.807, 2.05) is 6.92 Å². The fraction of sp³-hybridized carbons (Fsp3) is 0.909. The predicted molar refractivity (Wildman–Crippen MR) is 61.9 cm³/mol. The van der Waals surface area contributed by atoms with Crippen LogP contribution in [-0.2, 0) is 9.53 Å². The van der Waals surface area contributed by atoms with Gasteiger partial charge in [0.2, 0.25) is 5.91 Å². The molecule has 0 aromatic rings. The van der Waals surface area contributed by atoms with Crippen LogP contribution in [-0.4, -0.2) is 38.3 Å². The number of rotatable bonds is 8. The lowest BCUT2D eigenvalue weighted by molar-refractivity contribution is -0.121. The first-order valence-corrected chi connectivity index (χ1v) is 5.58. The summed E-state index contributed by atoms with van der Waals surface area (Å²) in [4.78, 5) is 11.4. The molecule has 0 aromatic carbocycles. The van der Waals surface area contributed by atoms with E-state index in [9.17, 15) is 4.79 Å². The zero-order valence-electron chi connectivity index (χ0n) is 10.3. The van der Waals surface area contributed by atoms with Crippen molar-refractivity contribution in [1.29, 1.82) is 0 Å². The number of amides is 1. The molecule has 0 rings (SSSR count). The average molecular weight is 216 g/mol. The Morgan fingerprint density at radius 1 is 1.33 bits per heavy atom. The second-order valence-electron chi connectivity index (χ2n) is 4.11. The van der Waals surface area contributed by atoms with Gasteiger partial charge in [-0.2, -0.15) is 0 Å². The molecule has 0 spiro atoms. The van der Waals surface area contributed by atoms with Crippen LogP contribution in [0.15, 0.2) is 0 Å². The lowest BCUT2D eigenvalue weighted by Gasteiger charge is -2.14. The molecular formula is C11H24N2O2. The van der Waals surface area contributed by atoms with E-state index < -0.39 is 0 Å². The quantitative estimate of drug-likeness (QED) is 0.634. The van der Waals surface area contributed by atoms with Gasteiger partial charge >= 0.3 is 0 Å². The summed E-state index contributed by atoms with van der Waals surface area (Å²) in [7, 11) is 1.67. The topological polar surface area (TPSA) is 50.4 Å². The largest absolute Gasteiger partial charge is 0.385 e. The highest BCUT2D eigenvalue weighted by Crippen LogP contribution is 1.92. The van der Waals surface area contributed by atoms with Gasteiger partial charge in [0.05, 0.1) is 0 Å². The van der Waals surface area contributed by atoms with Gasteiger partial charge in [-0.1, -0.05) is 13.8 Å². The van der Waals surface area contributed by atoms with Crippen LogP contribution in [0.4, 0.5) is 0 Å². The average Bonchev–Trinajstić information content (AvgIpc) is 2.14. The van der Waals surface area contributed by atoms with Gasteiger partial charge in [-0.25, -0.2) is 0 Å². The van der Waals surface area contributed by atoms with E-state index in [1.165, 1.54) is 0 Å². The summed E-state index contributed by atoms with van der Waals surface area (Å²) in [5.41, 5.74) is 0. The third-order valence-corrected chi connectivity index (χ3v) is 2.07. The van der Waals surface area contributed by atoms with E-state index in [4.69, 9.17) is 4.74 Å². The highest BCUT2D eigenvalue weighted by molar-refractivity contribution is 5.76.